The lowest BCUT2D eigenvalue weighted by Gasteiger charge is -2.21. The summed E-state index contributed by atoms with van der Waals surface area (Å²) in [6, 6.07) is 7.22. The van der Waals surface area contributed by atoms with Crippen molar-refractivity contribution in [3.63, 3.8) is 0 Å². The average molecular weight is 425 g/mol. The second-order valence-electron chi connectivity index (χ2n) is 8.59. The van der Waals surface area contributed by atoms with Crippen molar-refractivity contribution in [1.82, 2.24) is 10.1 Å². The number of hydrogen-bond acceptors (Lipinski definition) is 7. The number of anilines is 1. The Labute approximate surface area is 180 Å². The van der Waals surface area contributed by atoms with Crippen LogP contribution in [0.4, 0.5) is 5.69 Å². The zero-order chi connectivity index (χ0) is 22.8. The van der Waals surface area contributed by atoms with Crippen LogP contribution >= 0.6 is 0 Å². The number of nitrogens with one attached hydrogen (secondary N) is 1. The maximum absolute atomic E-state index is 12.4. The molecular weight excluding hydrogens is 398 g/mol. The molecule has 0 unspecified atom stereocenters. The molecule has 2 heterocycles. The van der Waals surface area contributed by atoms with E-state index in [-0.39, 0.29) is 16.9 Å². The SMILES string of the molecule is COc1ccc(C(C)(C)C)cc1NC(=O)COC(=O)c1cnc2onc(C(C)C)c2c1. The Morgan fingerprint density at radius 1 is 1.19 bits per heavy atom. The van der Waals surface area contributed by atoms with E-state index in [1.54, 1.807) is 12.1 Å². The van der Waals surface area contributed by atoms with Gasteiger partial charge in [0, 0.05) is 6.20 Å². The monoisotopic (exact) mass is 425 g/mol. The molecule has 0 aliphatic rings. The van der Waals surface area contributed by atoms with Crippen molar-refractivity contribution >= 4 is 28.7 Å². The van der Waals surface area contributed by atoms with Crippen LogP contribution in [0.25, 0.3) is 11.1 Å². The van der Waals surface area contributed by atoms with Crippen LogP contribution in [0.15, 0.2) is 35.0 Å². The number of pyridine rings is 1. The maximum atomic E-state index is 12.4. The minimum absolute atomic E-state index is 0.0966. The van der Waals surface area contributed by atoms with Crippen molar-refractivity contribution in [3.05, 3.63) is 47.3 Å². The molecule has 0 saturated carbocycles. The number of fused-ring (bicyclic) bond motifs is 1. The molecule has 0 atom stereocenters. The molecule has 0 saturated heterocycles. The minimum atomic E-state index is -0.657. The number of hydrogen-bond donors (Lipinski definition) is 1. The van der Waals surface area contributed by atoms with Crippen LogP contribution in [0.1, 0.15) is 62.2 Å². The van der Waals surface area contributed by atoms with Gasteiger partial charge < -0.3 is 19.3 Å². The Balaban J connectivity index is 1.69. The molecule has 31 heavy (non-hydrogen) atoms. The van der Waals surface area contributed by atoms with Crippen molar-refractivity contribution in [2.45, 2.75) is 46.0 Å². The summed E-state index contributed by atoms with van der Waals surface area (Å²) < 4.78 is 15.7. The molecule has 0 aliphatic heterocycles. The van der Waals surface area contributed by atoms with Crippen LogP contribution in [0.5, 0.6) is 5.75 Å². The molecule has 164 valence electrons. The highest BCUT2D eigenvalue weighted by molar-refractivity contribution is 5.97. The summed E-state index contributed by atoms with van der Waals surface area (Å²) in [7, 11) is 1.53. The summed E-state index contributed by atoms with van der Waals surface area (Å²) in [6.07, 6.45) is 1.34. The van der Waals surface area contributed by atoms with Crippen molar-refractivity contribution in [2.24, 2.45) is 0 Å². The van der Waals surface area contributed by atoms with E-state index in [1.807, 2.05) is 26.0 Å². The molecule has 2 aromatic heterocycles. The first-order chi connectivity index (χ1) is 14.6. The molecule has 1 aromatic carbocycles. The van der Waals surface area contributed by atoms with Gasteiger partial charge in [0.25, 0.3) is 11.6 Å². The molecule has 8 heteroatoms. The third-order valence-electron chi connectivity index (χ3n) is 4.81. The normalized spacial score (nSPS) is 11.6. The lowest BCUT2D eigenvalue weighted by Crippen LogP contribution is -2.22. The smallest absolute Gasteiger partial charge is 0.340 e. The standard InChI is InChI=1S/C23H27N3O5/c1-13(2)20-16-9-14(11-24-21(16)31-26-20)22(28)30-12-19(27)25-17-10-15(23(3,4)5)7-8-18(17)29-6/h7-11,13H,12H2,1-6H3,(H,25,27). The Kier molecular flexibility index (Phi) is 6.29. The summed E-state index contributed by atoms with van der Waals surface area (Å²) >= 11 is 0. The average Bonchev–Trinajstić information content (AvgIpc) is 3.14. The van der Waals surface area contributed by atoms with Gasteiger partial charge in [-0.25, -0.2) is 9.78 Å². The first-order valence-corrected chi connectivity index (χ1v) is 10.0. The molecule has 0 bridgehead atoms. The Bertz CT molecular complexity index is 1110. The Morgan fingerprint density at radius 2 is 1.94 bits per heavy atom. The largest absolute Gasteiger partial charge is 0.495 e. The number of esters is 1. The van der Waals surface area contributed by atoms with Gasteiger partial charge in [-0.1, -0.05) is 45.8 Å². The van der Waals surface area contributed by atoms with Gasteiger partial charge in [0.1, 0.15) is 5.75 Å². The quantitative estimate of drug-likeness (QED) is 0.582. The number of carbonyl (C=O) groups is 2. The molecule has 0 aliphatic carbocycles. The molecule has 1 N–H and O–H groups in total. The number of ether oxygens (including phenoxy) is 2. The van der Waals surface area contributed by atoms with Crippen molar-refractivity contribution in [2.75, 3.05) is 19.0 Å². The highest BCUT2D eigenvalue weighted by atomic mass is 16.5. The van der Waals surface area contributed by atoms with Crippen LogP contribution in [0, 0.1) is 0 Å². The van der Waals surface area contributed by atoms with Crippen LogP contribution < -0.4 is 10.1 Å². The highest BCUT2D eigenvalue weighted by Gasteiger charge is 2.19. The second-order valence-corrected chi connectivity index (χ2v) is 8.59. The molecular formula is C23H27N3O5. The zero-order valence-electron chi connectivity index (χ0n) is 18.6. The van der Waals surface area contributed by atoms with Crippen LogP contribution in [0.3, 0.4) is 0 Å². The predicted octanol–water partition coefficient (Wildman–Crippen LogP) is 4.45. The van der Waals surface area contributed by atoms with Gasteiger partial charge in [-0.3, -0.25) is 4.79 Å². The van der Waals surface area contributed by atoms with Crippen molar-refractivity contribution < 1.29 is 23.6 Å². The number of amides is 1. The fourth-order valence-corrected chi connectivity index (χ4v) is 3.05. The van der Waals surface area contributed by atoms with Crippen LogP contribution in [-0.4, -0.2) is 35.7 Å². The number of nitrogens with zero attached hydrogens (tertiary/aromatic N) is 2. The van der Waals surface area contributed by atoms with Crippen LogP contribution in [-0.2, 0) is 14.9 Å². The van der Waals surface area contributed by atoms with Gasteiger partial charge in [0.2, 0.25) is 0 Å². The molecule has 3 rings (SSSR count). The molecule has 8 nitrogen and oxygen atoms in total. The first kappa shape index (κ1) is 22.3. The summed E-state index contributed by atoms with van der Waals surface area (Å²) in [5.41, 5.74) is 2.74. The second kappa shape index (κ2) is 8.75. The van der Waals surface area contributed by atoms with Gasteiger partial charge in [-0.15, -0.1) is 0 Å². The summed E-state index contributed by atoms with van der Waals surface area (Å²) in [5, 5.41) is 7.39. The number of rotatable bonds is 6. The number of carbonyl (C=O) groups excluding carboxylic acids is 2. The fraction of sp³-hybridized carbons (Fsp3) is 0.391. The van der Waals surface area contributed by atoms with E-state index in [2.05, 4.69) is 36.2 Å². The minimum Gasteiger partial charge on any atom is -0.495 e. The zero-order valence-corrected chi connectivity index (χ0v) is 18.6. The van der Waals surface area contributed by atoms with Gasteiger partial charge in [-0.05, 0) is 35.1 Å². The van der Waals surface area contributed by atoms with E-state index in [9.17, 15) is 9.59 Å². The van der Waals surface area contributed by atoms with Gasteiger partial charge in [0.15, 0.2) is 6.61 Å². The Hall–Kier alpha value is -3.42. The first-order valence-electron chi connectivity index (χ1n) is 10.0. The molecule has 0 radical (unpaired) electrons. The molecule has 0 spiro atoms. The molecule has 1 amide bonds. The van der Waals surface area contributed by atoms with E-state index in [4.69, 9.17) is 14.0 Å². The van der Waals surface area contributed by atoms with Gasteiger partial charge >= 0.3 is 5.97 Å². The lowest BCUT2D eigenvalue weighted by molar-refractivity contribution is -0.119. The van der Waals surface area contributed by atoms with Crippen molar-refractivity contribution in [1.29, 1.82) is 0 Å². The number of methoxy groups -OCH3 is 1. The van der Waals surface area contributed by atoms with Gasteiger partial charge in [-0.2, -0.15) is 0 Å². The third kappa shape index (κ3) is 5.02. The number of benzene rings is 1. The third-order valence-corrected chi connectivity index (χ3v) is 4.81. The summed E-state index contributed by atoms with van der Waals surface area (Å²) in [6.45, 7) is 9.72. The predicted molar refractivity (Wildman–Crippen MR) is 116 cm³/mol. The van der Waals surface area contributed by atoms with E-state index in [0.29, 0.717) is 28.2 Å². The maximum Gasteiger partial charge on any atom is 0.340 e. The lowest BCUT2D eigenvalue weighted by atomic mass is 9.87. The topological polar surface area (TPSA) is 104 Å². The van der Waals surface area contributed by atoms with E-state index in [1.165, 1.54) is 13.3 Å². The highest BCUT2D eigenvalue weighted by Crippen LogP contribution is 2.31. The van der Waals surface area contributed by atoms with E-state index >= 15 is 0 Å². The van der Waals surface area contributed by atoms with Crippen molar-refractivity contribution in [3.8, 4) is 5.75 Å². The summed E-state index contributed by atoms with van der Waals surface area (Å²) in [5.74, 6) is -0.495. The molecule has 3 aromatic rings. The van der Waals surface area contributed by atoms with Gasteiger partial charge in [0.05, 0.1) is 29.4 Å². The summed E-state index contributed by atoms with van der Waals surface area (Å²) in [4.78, 5) is 29.0. The number of aromatic nitrogens is 2. The van der Waals surface area contributed by atoms with Crippen LogP contribution in [0.2, 0.25) is 0 Å². The van der Waals surface area contributed by atoms with E-state index in [0.717, 1.165) is 5.56 Å². The molecule has 0 fully saturated rings. The fourth-order valence-electron chi connectivity index (χ4n) is 3.05. The Morgan fingerprint density at radius 3 is 2.58 bits per heavy atom. The van der Waals surface area contributed by atoms with E-state index < -0.39 is 18.5 Å².